The van der Waals surface area contributed by atoms with Crippen LogP contribution in [0.15, 0.2) is 53.6 Å². The predicted molar refractivity (Wildman–Crippen MR) is 132 cm³/mol. The molecule has 0 radical (unpaired) electrons. The zero-order valence-corrected chi connectivity index (χ0v) is 19.8. The van der Waals surface area contributed by atoms with Crippen LogP contribution in [0.3, 0.4) is 0 Å². The molecule has 2 aromatic heterocycles. The number of nitrogens with one attached hydrogen (secondary N) is 1. The Kier molecular flexibility index (Phi) is 7.25. The monoisotopic (exact) mass is 498 g/mol. The number of hydrogen-bond donors (Lipinski definition) is 2. The Morgan fingerprint density at radius 3 is 2.61 bits per heavy atom. The summed E-state index contributed by atoms with van der Waals surface area (Å²) in [7, 11) is 0. The molecule has 4 aromatic rings. The Bertz CT molecular complexity index is 1500. The fourth-order valence-electron chi connectivity index (χ4n) is 4.37. The quantitative estimate of drug-likeness (QED) is 0.441. The summed E-state index contributed by atoms with van der Waals surface area (Å²) in [6.07, 6.45) is 2.76. The Labute approximate surface area is 204 Å². The molecule has 3 heterocycles. The number of hydrogen-bond acceptors (Lipinski definition) is 5. The van der Waals surface area contributed by atoms with Gasteiger partial charge < -0.3 is 19.9 Å². The number of aryl methyl sites for hydroxylation is 1. The largest absolute Gasteiger partial charge is 0.477 e. The van der Waals surface area contributed by atoms with Crippen LogP contribution in [-0.4, -0.2) is 46.3 Å². The van der Waals surface area contributed by atoms with Gasteiger partial charge in [-0.15, -0.1) is 0 Å². The molecule has 5 rings (SSSR count). The van der Waals surface area contributed by atoms with Gasteiger partial charge in [-0.2, -0.15) is 0 Å². The van der Waals surface area contributed by atoms with Gasteiger partial charge in [-0.1, -0.05) is 6.07 Å². The Morgan fingerprint density at radius 2 is 1.94 bits per heavy atom. The van der Waals surface area contributed by atoms with Crippen LogP contribution in [0.5, 0.6) is 0 Å². The van der Waals surface area contributed by atoms with E-state index in [-0.39, 0.29) is 35.0 Å². The summed E-state index contributed by atoms with van der Waals surface area (Å²) in [6, 6.07) is 9.35. The second kappa shape index (κ2) is 10.4. The van der Waals surface area contributed by atoms with Crippen molar-refractivity contribution in [3.05, 3.63) is 82.0 Å². The first-order chi connectivity index (χ1) is 17.2. The van der Waals surface area contributed by atoms with Crippen LogP contribution in [0.2, 0.25) is 0 Å². The van der Waals surface area contributed by atoms with Gasteiger partial charge in [0.2, 0.25) is 5.43 Å². The molecule has 1 saturated heterocycles. The van der Waals surface area contributed by atoms with Crippen molar-refractivity contribution in [3.63, 3.8) is 0 Å². The molecule has 10 heteroatoms. The minimum Gasteiger partial charge on any atom is -0.477 e. The molecule has 1 fully saturated rings. The lowest BCUT2D eigenvalue weighted by atomic mass is 10.1. The third-order valence-corrected chi connectivity index (χ3v) is 6.08. The summed E-state index contributed by atoms with van der Waals surface area (Å²) < 4.78 is 44.1. The number of rotatable bonds is 3. The number of benzene rings is 2. The maximum Gasteiger partial charge on any atom is 0.341 e. The van der Waals surface area contributed by atoms with E-state index in [9.17, 15) is 18.4 Å². The minimum absolute atomic E-state index is 0.0694. The summed E-state index contributed by atoms with van der Waals surface area (Å²) in [5.74, 6) is -3.33. The molecule has 1 unspecified atom stereocenters. The third kappa shape index (κ3) is 4.76. The van der Waals surface area contributed by atoms with Crippen molar-refractivity contribution in [1.29, 1.82) is 0 Å². The van der Waals surface area contributed by atoms with Crippen molar-refractivity contribution in [3.8, 4) is 0 Å². The van der Waals surface area contributed by atoms with Gasteiger partial charge in [0.15, 0.2) is 5.82 Å². The average Bonchev–Trinajstić information content (AvgIpc) is 2.85. The molecule has 0 bridgehead atoms. The SMILES string of the molecule is CCn1cc(C(=O)O)c(=O)c2cc(F)c(N3CCNC(C)C3)c(F)c21.Fc1cccc2ncccc12. The number of aromatic nitrogens is 2. The first-order valence-corrected chi connectivity index (χ1v) is 11.5. The van der Waals surface area contributed by atoms with Crippen LogP contribution in [0.25, 0.3) is 21.8 Å². The second-order valence-corrected chi connectivity index (χ2v) is 8.49. The van der Waals surface area contributed by atoms with Gasteiger partial charge in [0.1, 0.15) is 22.9 Å². The summed E-state index contributed by atoms with van der Waals surface area (Å²) in [5.41, 5.74) is -0.931. The number of anilines is 1. The second-order valence-electron chi connectivity index (χ2n) is 8.49. The topological polar surface area (TPSA) is 87.5 Å². The summed E-state index contributed by atoms with van der Waals surface area (Å²) in [5, 5.41) is 12.7. The Morgan fingerprint density at radius 1 is 1.17 bits per heavy atom. The maximum atomic E-state index is 15.2. The molecule has 7 nitrogen and oxygen atoms in total. The van der Waals surface area contributed by atoms with E-state index in [1.807, 2.05) is 6.92 Å². The van der Waals surface area contributed by atoms with E-state index in [2.05, 4.69) is 10.3 Å². The standard InChI is InChI=1S/C17H19F2N3O3.C9H6FN/c1-3-21-8-11(17(24)25)16(23)10-6-12(18)15(13(19)14(10)21)22-5-4-20-9(2)7-22;10-8-4-1-5-9-7(8)3-2-6-11-9/h6,8-9,20H,3-5,7H2,1-2H3,(H,24,25);1-6H. The number of halogens is 3. The number of nitrogens with zero attached hydrogens (tertiary/aromatic N) is 3. The van der Waals surface area contributed by atoms with Gasteiger partial charge in [0.05, 0.1) is 16.4 Å². The molecular weight excluding hydrogens is 473 g/mol. The average molecular weight is 499 g/mol. The molecule has 0 spiro atoms. The fraction of sp³-hybridized carbons (Fsp3) is 0.269. The number of fused-ring (bicyclic) bond motifs is 2. The van der Waals surface area contributed by atoms with Crippen molar-refractivity contribution >= 4 is 33.5 Å². The van der Waals surface area contributed by atoms with Crippen molar-refractivity contribution in [2.45, 2.75) is 26.4 Å². The molecule has 0 amide bonds. The molecule has 0 aliphatic carbocycles. The first kappa shape index (κ1) is 25.2. The van der Waals surface area contributed by atoms with E-state index < -0.39 is 28.6 Å². The van der Waals surface area contributed by atoms with Crippen LogP contribution in [0.1, 0.15) is 24.2 Å². The molecule has 188 valence electrons. The maximum absolute atomic E-state index is 15.2. The summed E-state index contributed by atoms with van der Waals surface area (Å²) >= 11 is 0. The molecular formula is C26H25F3N4O3. The van der Waals surface area contributed by atoms with Crippen LogP contribution in [0, 0.1) is 17.5 Å². The fourth-order valence-corrected chi connectivity index (χ4v) is 4.37. The summed E-state index contributed by atoms with van der Waals surface area (Å²) in [4.78, 5) is 29.2. The molecule has 36 heavy (non-hydrogen) atoms. The number of piperazine rings is 1. The van der Waals surface area contributed by atoms with Crippen LogP contribution in [0.4, 0.5) is 18.9 Å². The number of pyridine rings is 2. The van der Waals surface area contributed by atoms with E-state index in [0.717, 1.165) is 12.3 Å². The first-order valence-electron chi connectivity index (χ1n) is 11.5. The number of carboxylic acid groups (broad SMARTS) is 1. The zero-order chi connectivity index (χ0) is 26.0. The van der Waals surface area contributed by atoms with Crippen LogP contribution in [-0.2, 0) is 6.54 Å². The van der Waals surface area contributed by atoms with Gasteiger partial charge in [-0.25, -0.2) is 18.0 Å². The van der Waals surface area contributed by atoms with Crippen LogP contribution < -0.4 is 15.6 Å². The van der Waals surface area contributed by atoms with E-state index in [0.29, 0.717) is 30.5 Å². The van der Waals surface area contributed by atoms with Gasteiger partial charge in [0, 0.05) is 50.0 Å². The van der Waals surface area contributed by atoms with Crippen molar-refractivity contribution in [2.24, 2.45) is 0 Å². The number of aromatic carboxylic acids is 1. The number of carbonyl (C=O) groups is 1. The van der Waals surface area contributed by atoms with Gasteiger partial charge >= 0.3 is 5.97 Å². The lowest BCUT2D eigenvalue weighted by Crippen LogP contribution is -2.49. The van der Waals surface area contributed by atoms with E-state index in [4.69, 9.17) is 5.11 Å². The molecule has 1 aliphatic heterocycles. The number of carboxylic acids is 1. The smallest absolute Gasteiger partial charge is 0.341 e. The normalized spacial score (nSPS) is 15.6. The van der Waals surface area contributed by atoms with Crippen molar-refractivity contribution in [2.75, 3.05) is 24.5 Å². The Hall–Kier alpha value is -3.92. The van der Waals surface area contributed by atoms with E-state index in [1.54, 1.807) is 42.3 Å². The Balaban J connectivity index is 0.000000229. The predicted octanol–water partition coefficient (Wildman–Crippen LogP) is 4.17. The lowest BCUT2D eigenvalue weighted by molar-refractivity contribution is 0.0694. The molecule has 1 aliphatic rings. The molecule has 2 aromatic carbocycles. The molecule has 1 atom stereocenters. The van der Waals surface area contributed by atoms with Crippen molar-refractivity contribution < 1.29 is 23.1 Å². The lowest BCUT2D eigenvalue weighted by Gasteiger charge is -2.34. The molecule has 0 saturated carbocycles. The van der Waals surface area contributed by atoms with Crippen LogP contribution >= 0.6 is 0 Å². The van der Waals surface area contributed by atoms with Gasteiger partial charge in [0.25, 0.3) is 0 Å². The molecule has 2 N–H and O–H groups in total. The van der Waals surface area contributed by atoms with Gasteiger partial charge in [-0.05, 0) is 44.2 Å². The van der Waals surface area contributed by atoms with E-state index in [1.165, 1.54) is 10.6 Å². The minimum atomic E-state index is -1.42. The third-order valence-electron chi connectivity index (χ3n) is 6.08. The van der Waals surface area contributed by atoms with Gasteiger partial charge in [-0.3, -0.25) is 9.78 Å². The highest BCUT2D eigenvalue weighted by atomic mass is 19.1. The zero-order valence-electron chi connectivity index (χ0n) is 19.8. The highest BCUT2D eigenvalue weighted by molar-refractivity contribution is 5.93. The van der Waals surface area contributed by atoms with E-state index >= 15 is 4.39 Å². The van der Waals surface area contributed by atoms with Crippen molar-refractivity contribution in [1.82, 2.24) is 14.9 Å². The summed E-state index contributed by atoms with van der Waals surface area (Å²) in [6.45, 7) is 5.33. The highest BCUT2D eigenvalue weighted by Crippen LogP contribution is 2.30. The highest BCUT2D eigenvalue weighted by Gasteiger charge is 2.26.